The summed E-state index contributed by atoms with van der Waals surface area (Å²) in [6.07, 6.45) is 1.98. The highest BCUT2D eigenvalue weighted by Crippen LogP contribution is 1.97. The number of allylic oxidation sites excluding steroid dienone is 1. The summed E-state index contributed by atoms with van der Waals surface area (Å²) in [5, 5.41) is 0. The van der Waals surface area contributed by atoms with Crippen LogP contribution in [-0.4, -0.2) is 19.6 Å². The van der Waals surface area contributed by atoms with Crippen molar-refractivity contribution in [2.24, 2.45) is 4.99 Å². The van der Waals surface area contributed by atoms with E-state index in [0.29, 0.717) is 0 Å². The predicted octanol–water partition coefficient (Wildman–Crippen LogP) is 2.02. The Labute approximate surface area is 62.6 Å². The highest BCUT2D eigenvalue weighted by molar-refractivity contribution is 5.92. The molecule has 0 heterocycles. The van der Waals surface area contributed by atoms with Gasteiger partial charge in [0, 0.05) is 12.1 Å². The molecule has 0 saturated heterocycles. The van der Waals surface area contributed by atoms with Crippen LogP contribution in [0.25, 0.3) is 0 Å². The lowest BCUT2D eigenvalue weighted by atomic mass is 10.3. The van der Waals surface area contributed by atoms with Crippen LogP contribution in [0.4, 0.5) is 0 Å². The summed E-state index contributed by atoms with van der Waals surface area (Å²) >= 11 is 0. The van der Waals surface area contributed by atoms with E-state index >= 15 is 0 Å². The molecule has 0 aromatic carbocycles. The van der Waals surface area contributed by atoms with Crippen molar-refractivity contribution >= 4 is 5.90 Å². The first-order chi connectivity index (χ1) is 4.76. The van der Waals surface area contributed by atoms with E-state index in [1.165, 1.54) is 0 Å². The predicted molar refractivity (Wildman–Crippen MR) is 44.4 cm³/mol. The largest absolute Gasteiger partial charge is 0.481 e. The lowest BCUT2D eigenvalue weighted by Crippen LogP contribution is -2.03. The number of hydrogen-bond donors (Lipinski definition) is 0. The van der Waals surface area contributed by atoms with Gasteiger partial charge in [-0.2, -0.15) is 0 Å². The molecule has 0 aromatic heterocycles. The molecule has 58 valence electrons. The first kappa shape index (κ1) is 9.21. The lowest BCUT2D eigenvalue weighted by molar-refractivity contribution is 0.401. The van der Waals surface area contributed by atoms with Crippen molar-refractivity contribution in [2.75, 3.05) is 13.7 Å². The number of nitrogens with zero attached hydrogens (tertiary/aromatic N) is 1. The standard InChI is InChI=1S/C8H15NO/c1-5-7(3)8(10-4)9-6-2/h5H,6H2,1-4H3/b7-5-,9-8?. The topological polar surface area (TPSA) is 21.6 Å². The molecule has 0 atom stereocenters. The van der Waals surface area contributed by atoms with Crippen LogP contribution < -0.4 is 0 Å². The van der Waals surface area contributed by atoms with Gasteiger partial charge in [0.05, 0.1) is 7.11 Å². The highest BCUT2D eigenvalue weighted by atomic mass is 16.5. The molecule has 0 fully saturated rings. The molecule has 0 aliphatic heterocycles. The fraction of sp³-hybridized carbons (Fsp3) is 0.625. The van der Waals surface area contributed by atoms with Crippen molar-refractivity contribution in [3.8, 4) is 0 Å². The molecular formula is C8H15NO. The van der Waals surface area contributed by atoms with Gasteiger partial charge < -0.3 is 4.74 Å². The third-order valence-electron chi connectivity index (χ3n) is 1.27. The normalized spacial score (nSPS) is 13.6. The lowest BCUT2D eigenvalue weighted by Gasteiger charge is -2.02. The monoisotopic (exact) mass is 141 g/mol. The van der Waals surface area contributed by atoms with Gasteiger partial charge in [-0.25, -0.2) is 0 Å². The minimum Gasteiger partial charge on any atom is -0.481 e. The van der Waals surface area contributed by atoms with E-state index in [9.17, 15) is 0 Å². The van der Waals surface area contributed by atoms with Crippen LogP contribution in [0.1, 0.15) is 20.8 Å². The quantitative estimate of drug-likeness (QED) is 0.426. The second-order valence-corrected chi connectivity index (χ2v) is 1.96. The van der Waals surface area contributed by atoms with Gasteiger partial charge in [-0.3, -0.25) is 4.99 Å². The second kappa shape index (κ2) is 5.03. The molecule has 0 amide bonds. The molecule has 0 aliphatic rings. The first-order valence-corrected chi connectivity index (χ1v) is 3.48. The molecular weight excluding hydrogens is 126 g/mol. The van der Waals surface area contributed by atoms with E-state index in [0.717, 1.165) is 18.0 Å². The maximum atomic E-state index is 5.03. The van der Waals surface area contributed by atoms with Crippen LogP contribution in [0.5, 0.6) is 0 Å². The molecule has 0 rings (SSSR count). The van der Waals surface area contributed by atoms with E-state index in [4.69, 9.17) is 4.74 Å². The van der Waals surface area contributed by atoms with Crippen LogP contribution >= 0.6 is 0 Å². The highest BCUT2D eigenvalue weighted by Gasteiger charge is 1.96. The van der Waals surface area contributed by atoms with E-state index in [1.54, 1.807) is 7.11 Å². The smallest absolute Gasteiger partial charge is 0.210 e. The summed E-state index contributed by atoms with van der Waals surface area (Å²) in [5.41, 5.74) is 1.09. The van der Waals surface area contributed by atoms with Gasteiger partial charge in [-0.1, -0.05) is 6.08 Å². The van der Waals surface area contributed by atoms with Gasteiger partial charge in [0.15, 0.2) is 0 Å². The molecule has 0 aromatic rings. The Morgan fingerprint density at radius 3 is 2.50 bits per heavy atom. The summed E-state index contributed by atoms with van der Waals surface area (Å²) in [5.74, 6) is 0.741. The number of rotatable bonds is 2. The molecule has 0 saturated carbocycles. The minimum absolute atomic E-state index is 0.741. The van der Waals surface area contributed by atoms with Crippen molar-refractivity contribution in [1.82, 2.24) is 0 Å². The van der Waals surface area contributed by atoms with Gasteiger partial charge in [0.2, 0.25) is 5.90 Å². The average Bonchev–Trinajstić information content (AvgIpc) is 1.99. The molecule has 0 radical (unpaired) electrons. The van der Waals surface area contributed by atoms with Crippen molar-refractivity contribution in [3.63, 3.8) is 0 Å². The third kappa shape index (κ3) is 2.67. The van der Waals surface area contributed by atoms with Crippen LogP contribution in [-0.2, 0) is 4.74 Å². The van der Waals surface area contributed by atoms with Crippen molar-refractivity contribution in [2.45, 2.75) is 20.8 Å². The summed E-state index contributed by atoms with van der Waals surface area (Å²) in [7, 11) is 1.64. The maximum absolute atomic E-state index is 5.03. The number of ether oxygens (including phenoxy) is 1. The van der Waals surface area contributed by atoms with Gasteiger partial charge in [-0.15, -0.1) is 0 Å². The summed E-state index contributed by atoms with van der Waals surface area (Å²) in [6, 6.07) is 0. The molecule has 0 bridgehead atoms. The van der Waals surface area contributed by atoms with Crippen LogP contribution in [0.15, 0.2) is 16.6 Å². The van der Waals surface area contributed by atoms with Crippen molar-refractivity contribution < 1.29 is 4.74 Å². The second-order valence-electron chi connectivity index (χ2n) is 1.96. The van der Waals surface area contributed by atoms with Gasteiger partial charge >= 0.3 is 0 Å². The van der Waals surface area contributed by atoms with Gasteiger partial charge in [0.1, 0.15) is 0 Å². The Hall–Kier alpha value is -0.790. The van der Waals surface area contributed by atoms with Gasteiger partial charge in [-0.05, 0) is 20.8 Å². The number of hydrogen-bond acceptors (Lipinski definition) is 2. The minimum atomic E-state index is 0.741. The average molecular weight is 141 g/mol. The van der Waals surface area contributed by atoms with Crippen molar-refractivity contribution in [3.05, 3.63) is 11.6 Å². The fourth-order valence-corrected chi connectivity index (χ4v) is 0.617. The van der Waals surface area contributed by atoms with Crippen LogP contribution in [0.2, 0.25) is 0 Å². The first-order valence-electron chi connectivity index (χ1n) is 3.48. The SMILES string of the molecule is C/C=C(/C)C(=NCC)OC. The molecule has 0 unspecified atom stereocenters. The third-order valence-corrected chi connectivity index (χ3v) is 1.27. The molecule has 0 N–H and O–H groups in total. The Morgan fingerprint density at radius 2 is 2.20 bits per heavy atom. The molecule has 2 nitrogen and oxygen atoms in total. The number of aliphatic imine (C=N–C) groups is 1. The Bertz CT molecular complexity index is 147. The van der Waals surface area contributed by atoms with Crippen LogP contribution in [0.3, 0.4) is 0 Å². The Kier molecular flexibility index (Phi) is 4.63. The van der Waals surface area contributed by atoms with E-state index in [2.05, 4.69) is 4.99 Å². The summed E-state index contributed by atoms with van der Waals surface area (Å²) < 4.78 is 5.03. The van der Waals surface area contributed by atoms with E-state index in [1.807, 2.05) is 26.8 Å². The molecule has 0 aliphatic carbocycles. The molecule has 0 spiro atoms. The molecule has 10 heavy (non-hydrogen) atoms. The van der Waals surface area contributed by atoms with E-state index in [-0.39, 0.29) is 0 Å². The Balaban J connectivity index is 4.21. The van der Waals surface area contributed by atoms with Crippen molar-refractivity contribution in [1.29, 1.82) is 0 Å². The summed E-state index contributed by atoms with van der Waals surface area (Å²) in [4.78, 5) is 4.14. The zero-order valence-corrected chi connectivity index (χ0v) is 7.14. The van der Waals surface area contributed by atoms with Gasteiger partial charge in [0.25, 0.3) is 0 Å². The van der Waals surface area contributed by atoms with E-state index < -0.39 is 0 Å². The molecule has 2 heteroatoms. The summed E-state index contributed by atoms with van der Waals surface area (Å²) in [6.45, 7) is 6.72. The Morgan fingerprint density at radius 1 is 1.60 bits per heavy atom. The zero-order valence-electron chi connectivity index (χ0n) is 7.14. The zero-order chi connectivity index (χ0) is 7.98. The maximum Gasteiger partial charge on any atom is 0.210 e. The fourth-order valence-electron chi connectivity index (χ4n) is 0.617. The van der Waals surface area contributed by atoms with Crippen LogP contribution in [0, 0.1) is 0 Å². The number of methoxy groups -OCH3 is 1.